The Morgan fingerprint density at radius 1 is 1.04 bits per heavy atom. The van der Waals surface area contributed by atoms with Crippen LogP contribution in [0.3, 0.4) is 0 Å². The van der Waals surface area contributed by atoms with Crippen molar-refractivity contribution in [1.82, 2.24) is 5.32 Å². The number of carbonyl (C=O) groups excluding carboxylic acids is 1. The highest BCUT2D eigenvalue weighted by Crippen LogP contribution is 2.30. The number of carbonyl (C=O) groups is 1. The number of halogens is 2. The van der Waals surface area contributed by atoms with Gasteiger partial charge >= 0.3 is 6.03 Å². The van der Waals surface area contributed by atoms with Crippen LogP contribution in [0.4, 0.5) is 19.3 Å². The number of nitrogens with one attached hydrogen (secondary N) is 2. The summed E-state index contributed by atoms with van der Waals surface area (Å²) in [6.45, 7) is 1.22. The van der Waals surface area contributed by atoms with Crippen molar-refractivity contribution in [2.75, 3.05) is 18.5 Å². The van der Waals surface area contributed by atoms with Crippen LogP contribution in [-0.2, 0) is 6.54 Å². The van der Waals surface area contributed by atoms with E-state index in [1.54, 1.807) is 18.2 Å². The molecule has 0 aromatic heterocycles. The highest BCUT2D eigenvalue weighted by molar-refractivity contribution is 5.89. The van der Waals surface area contributed by atoms with Crippen molar-refractivity contribution in [1.29, 1.82) is 0 Å². The fourth-order valence-electron chi connectivity index (χ4n) is 2.14. The zero-order chi connectivity index (χ0) is 16.2. The molecule has 7 heteroatoms. The van der Waals surface area contributed by atoms with Crippen LogP contribution in [0.1, 0.15) is 5.56 Å². The van der Waals surface area contributed by atoms with Gasteiger partial charge in [-0.15, -0.1) is 0 Å². The van der Waals surface area contributed by atoms with Crippen molar-refractivity contribution < 1.29 is 23.0 Å². The summed E-state index contributed by atoms with van der Waals surface area (Å²) in [6.07, 6.45) is 0. The molecule has 3 rings (SSSR count). The maximum atomic E-state index is 13.4. The molecule has 0 bridgehead atoms. The third-order valence-electron chi connectivity index (χ3n) is 3.24. The van der Waals surface area contributed by atoms with Crippen LogP contribution in [-0.4, -0.2) is 19.2 Å². The SMILES string of the molecule is O=C(NCc1ccc2c(c1)OCCO2)Nc1ccc(F)cc1F. The molecule has 0 radical (unpaired) electrons. The summed E-state index contributed by atoms with van der Waals surface area (Å²) in [5, 5.41) is 4.91. The molecular formula is C16H14F2N2O3. The quantitative estimate of drug-likeness (QED) is 0.914. The molecule has 2 N–H and O–H groups in total. The van der Waals surface area contributed by atoms with Gasteiger partial charge in [0.15, 0.2) is 11.5 Å². The van der Waals surface area contributed by atoms with Crippen molar-refractivity contribution in [3.8, 4) is 11.5 Å². The topological polar surface area (TPSA) is 59.6 Å². The van der Waals surface area contributed by atoms with Crippen LogP contribution in [0.15, 0.2) is 36.4 Å². The Hall–Kier alpha value is -2.83. The lowest BCUT2D eigenvalue weighted by atomic mass is 10.2. The van der Waals surface area contributed by atoms with E-state index < -0.39 is 17.7 Å². The lowest BCUT2D eigenvalue weighted by Gasteiger charge is -2.19. The Labute approximate surface area is 131 Å². The van der Waals surface area contributed by atoms with Crippen LogP contribution >= 0.6 is 0 Å². The summed E-state index contributed by atoms with van der Waals surface area (Å²) >= 11 is 0. The van der Waals surface area contributed by atoms with Crippen LogP contribution in [0, 0.1) is 11.6 Å². The number of fused-ring (bicyclic) bond motifs is 1. The Morgan fingerprint density at radius 3 is 2.61 bits per heavy atom. The summed E-state index contributed by atoms with van der Waals surface area (Å²) in [7, 11) is 0. The minimum Gasteiger partial charge on any atom is -0.486 e. The first-order chi connectivity index (χ1) is 11.1. The second kappa shape index (κ2) is 6.51. The van der Waals surface area contributed by atoms with Gasteiger partial charge in [-0.25, -0.2) is 13.6 Å². The summed E-state index contributed by atoms with van der Waals surface area (Å²) in [5.41, 5.74) is 0.718. The van der Waals surface area contributed by atoms with Gasteiger partial charge in [-0.3, -0.25) is 0 Å². The number of rotatable bonds is 3. The fraction of sp³-hybridized carbons (Fsp3) is 0.188. The summed E-state index contributed by atoms with van der Waals surface area (Å²) < 4.78 is 37.1. The van der Waals surface area contributed by atoms with Gasteiger partial charge in [0.2, 0.25) is 0 Å². The zero-order valence-corrected chi connectivity index (χ0v) is 12.1. The number of hydrogen-bond acceptors (Lipinski definition) is 3. The molecule has 0 unspecified atom stereocenters. The molecule has 120 valence electrons. The number of urea groups is 1. The maximum Gasteiger partial charge on any atom is 0.319 e. The van der Waals surface area contributed by atoms with Crippen molar-refractivity contribution in [2.24, 2.45) is 0 Å². The van der Waals surface area contributed by atoms with E-state index in [-0.39, 0.29) is 12.2 Å². The molecule has 1 aliphatic rings. The van der Waals surface area contributed by atoms with Crippen molar-refractivity contribution in [2.45, 2.75) is 6.54 Å². The zero-order valence-electron chi connectivity index (χ0n) is 12.1. The minimum absolute atomic E-state index is 0.0916. The molecule has 23 heavy (non-hydrogen) atoms. The van der Waals surface area contributed by atoms with Crippen molar-refractivity contribution >= 4 is 11.7 Å². The van der Waals surface area contributed by atoms with Gasteiger partial charge in [0.1, 0.15) is 24.8 Å². The van der Waals surface area contributed by atoms with E-state index in [4.69, 9.17) is 9.47 Å². The highest BCUT2D eigenvalue weighted by Gasteiger charge is 2.12. The van der Waals surface area contributed by atoms with E-state index >= 15 is 0 Å². The molecule has 1 heterocycles. The Balaban J connectivity index is 1.58. The van der Waals surface area contributed by atoms with Gasteiger partial charge in [0, 0.05) is 12.6 Å². The van der Waals surface area contributed by atoms with Crippen LogP contribution in [0.5, 0.6) is 11.5 Å². The number of ether oxygens (including phenoxy) is 2. The molecule has 2 aromatic rings. The van der Waals surface area contributed by atoms with Crippen molar-refractivity contribution in [3.63, 3.8) is 0 Å². The summed E-state index contributed by atoms with van der Waals surface area (Å²) in [4.78, 5) is 11.8. The number of amides is 2. The molecule has 1 aliphatic heterocycles. The predicted molar refractivity (Wildman–Crippen MR) is 79.6 cm³/mol. The fourth-order valence-corrected chi connectivity index (χ4v) is 2.14. The monoisotopic (exact) mass is 320 g/mol. The average molecular weight is 320 g/mol. The average Bonchev–Trinajstić information content (AvgIpc) is 2.55. The number of benzene rings is 2. The summed E-state index contributed by atoms with van der Waals surface area (Å²) in [6, 6.07) is 7.68. The van der Waals surface area contributed by atoms with Gasteiger partial charge in [-0.05, 0) is 29.8 Å². The highest BCUT2D eigenvalue weighted by atomic mass is 19.1. The Kier molecular flexibility index (Phi) is 4.27. The second-order valence-corrected chi connectivity index (χ2v) is 4.91. The maximum absolute atomic E-state index is 13.4. The predicted octanol–water partition coefficient (Wildman–Crippen LogP) is 3.06. The van der Waals surface area contributed by atoms with E-state index in [1.807, 2.05) is 0 Å². The van der Waals surface area contributed by atoms with E-state index in [9.17, 15) is 13.6 Å². The first kappa shape index (κ1) is 15.1. The lowest BCUT2D eigenvalue weighted by Crippen LogP contribution is -2.28. The minimum atomic E-state index is -0.834. The molecule has 2 aromatic carbocycles. The van der Waals surface area contributed by atoms with Crippen LogP contribution < -0.4 is 20.1 Å². The van der Waals surface area contributed by atoms with Crippen molar-refractivity contribution in [3.05, 3.63) is 53.6 Å². The van der Waals surface area contributed by atoms with E-state index in [1.165, 1.54) is 0 Å². The first-order valence-electron chi connectivity index (χ1n) is 7.00. The number of anilines is 1. The van der Waals surface area contributed by atoms with Gasteiger partial charge < -0.3 is 20.1 Å². The van der Waals surface area contributed by atoms with E-state index in [0.717, 1.165) is 17.7 Å². The van der Waals surface area contributed by atoms with Crippen LogP contribution in [0.25, 0.3) is 0 Å². The molecular weight excluding hydrogens is 306 g/mol. The normalized spacial score (nSPS) is 12.6. The molecule has 2 amide bonds. The second-order valence-electron chi connectivity index (χ2n) is 4.91. The van der Waals surface area contributed by atoms with Crippen LogP contribution in [0.2, 0.25) is 0 Å². The van der Waals surface area contributed by atoms with Gasteiger partial charge in [0.25, 0.3) is 0 Å². The van der Waals surface area contributed by atoms with Gasteiger partial charge in [-0.2, -0.15) is 0 Å². The third kappa shape index (κ3) is 3.68. The van der Waals surface area contributed by atoms with Gasteiger partial charge in [0.05, 0.1) is 5.69 Å². The Bertz CT molecular complexity index is 737. The molecule has 0 fully saturated rings. The Morgan fingerprint density at radius 2 is 1.83 bits per heavy atom. The van der Waals surface area contributed by atoms with E-state index in [0.29, 0.717) is 30.8 Å². The standard InChI is InChI=1S/C16H14F2N2O3/c17-11-2-3-13(12(18)8-11)20-16(21)19-9-10-1-4-14-15(7-10)23-6-5-22-14/h1-4,7-8H,5-6,9H2,(H2,19,20,21). The largest absolute Gasteiger partial charge is 0.486 e. The molecule has 0 atom stereocenters. The third-order valence-corrected chi connectivity index (χ3v) is 3.24. The molecule has 0 spiro atoms. The number of hydrogen-bond donors (Lipinski definition) is 2. The first-order valence-corrected chi connectivity index (χ1v) is 7.00. The summed E-state index contributed by atoms with van der Waals surface area (Å²) in [5.74, 6) is -0.248. The van der Waals surface area contributed by atoms with Gasteiger partial charge in [-0.1, -0.05) is 6.07 Å². The molecule has 5 nitrogen and oxygen atoms in total. The molecule has 0 saturated heterocycles. The van der Waals surface area contributed by atoms with E-state index in [2.05, 4.69) is 10.6 Å². The smallest absolute Gasteiger partial charge is 0.319 e. The molecule has 0 aliphatic carbocycles. The molecule has 0 saturated carbocycles. The lowest BCUT2D eigenvalue weighted by molar-refractivity contribution is 0.171.